The van der Waals surface area contributed by atoms with E-state index in [1.165, 1.54) is 0 Å². The van der Waals surface area contributed by atoms with Gasteiger partial charge >= 0.3 is 0 Å². The smallest absolute Gasteiger partial charge is 0.261 e. The third-order valence-electron chi connectivity index (χ3n) is 3.95. The predicted octanol–water partition coefficient (Wildman–Crippen LogP) is 4.56. The van der Waals surface area contributed by atoms with Crippen molar-refractivity contribution in [1.29, 1.82) is 0 Å². The highest BCUT2D eigenvalue weighted by molar-refractivity contribution is 7.92. The molecular formula is C21H20N2O3S. The Morgan fingerprint density at radius 2 is 1.59 bits per heavy atom. The lowest BCUT2D eigenvalue weighted by atomic mass is 10.2. The van der Waals surface area contributed by atoms with Crippen LogP contribution < -0.4 is 9.46 Å². The van der Waals surface area contributed by atoms with Crippen molar-refractivity contribution in [3.05, 3.63) is 83.9 Å². The monoisotopic (exact) mass is 380 g/mol. The van der Waals surface area contributed by atoms with E-state index >= 15 is 0 Å². The number of para-hydroxylation sites is 2. The van der Waals surface area contributed by atoms with Crippen molar-refractivity contribution in [1.82, 2.24) is 0 Å². The topological polar surface area (TPSA) is 67.8 Å². The highest BCUT2D eigenvalue weighted by Crippen LogP contribution is 2.27. The zero-order valence-corrected chi connectivity index (χ0v) is 15.9. The molecule has 0 saturated carbocycles. The summed E-state index contributed by atoms with van der Waals surface area (Å²) in [6, 6.07) is 21.2. The second-order valence-corrected chi connectivity index (χ2v) is 7.65. The quantitative estimate of drug-likeness (QED) is 0.638. The van der Waals surface area contributed by atoms with Gasteiger partial charge in [0.1, 0.15) is 5.75 Å². The average Bonchev–Trinajstić information content (AvgIpc) is 2.68. The Labute approximate surface area is 159 Å². The van der Waals surface area contributed by atoms with Gasteiger partial charge in [-0.05, 0) is 61.0 Å². The highest BCUT2D eigenvalue weighted by Gasteiger charge is 2.15. The Kier molecular flexibility index (Phi) is 5.57. The highest BCUT2D eigenvalue weighted by atomic mass is 32.2. The Balaban J connectivity index is 1.85. The predicted molar refractivity (Wildman–Crippen MR) is 109 cm³/mol. The number of nitrogens with one attached hydrogen (secondary N) is 1. The van der Waals surface area contributed by atoms with Gasteiger partial charge in [-0.2, -0.15) is 0 Å². The van der Waals surface area contributed by atoms with E-state index in [0.29, 0.717) is 11.4 Å². The van der Waals surface area contributed by atoms with Gasteiger partial charge in [0.05, 0.1) is 23.4 Å². The lowest BCUT2D eigenvalue weighted by Crippen LogP contribution is -2.13. The number of sulfonamides is 1. The summed E-state index contributed by atoms with van der Waals surface area (Å²) in [5, 5.41) is 0. The van der Waals surface area contributed by atoms with Crippen LogP contribution in [0.15, 0.2) is 82.7 Å². The van der Waals surface area contributed by atoms with E-state index in [4.69, 9.17) is 4.74 Å². The maximum atomic E-state index is 12.6. The lowest BCUT2D eigenvalue weighted by Gasteiger charge is -2.10. The van der Waals surface area contributed by atoms with Crippen molar-refractivity contribution in [3.63, 3.8) is 0 Å². The lowest BCUT2D eigenvalue weighted by molar-refractivity contribution is 0.415. The van der Waals surface area contributed by atoms with E-state index in [1.807, 2.05) is 37.3 Å². The van der Waals surface area contributed by atoms with Crippen LogP contribution in [0.4, 0.5) is 11.4 Å². The number of hydrogen-bond donors (Lipinski definition) is 1. The Bertz CT molecular complexity index is 1040. The van der Waals surface area contributed by atoms with Crippen LogP contribution in [0.5, 0.6) is 5.75 Å². The van der Waals surface area contributed by atoms with Gasteiger partial charge in [0.25, 0.3) is 10.0 Å². The molecule has 3 aromatic rings. The minimum absolute atomic E-state index is 0.210. The van der Waals surface area contributed by atoms with E-state index in [1.54, 1.807) is 55.8 Å². The van der Waals surface area contributed by atoms with Crippen molar-refractivity contribution in [2.24, 2.45) is 4.99 Å². The maximum absolute atomic E-state index is 12.6. The van der Waals surface area contributed by atoms with Gasteiger partial charge < -0.3 is 4.74 Å². The first kappa shape index (κ1) is 18.7. The second kappa shape index (κ2) is 8.05. The second-order valence-electron chi connectivity index (χ2n) is 5.97. The SMILES string of the molecule is COc1ccc(C=Nc2ccccc2NS(=O)(=O)c2ccc(C)cc2)cc1. The fraction of sp³-hybridized carbons (Fsp3) is 0.0952. The van der Waals surface area contributed by atoms with Crippen molar-refractivity contribution >= 4 is 27.6 Å². The summed E-state index contributed by atoms with van der Waals surface area (Å²) in [4.78, 5) is 4.64. The standard InChI is InChI=1S/C21H20N2O3S/c1-16-7-13-19(14-8-16)27(24,25)23-21-6-4-3-5-20(21)22-15-17-9-11-18(26-2)12-10-17/h3-15,23H,1-2H3. The van der Waals surface area contributed by atoms with Crippen molar-refractivity contribution in [2.75, 3.05) is 11.8 Å². The van der Waals surface area contributed by atoms with Crippen LogP contribution in [0.25, 0.3) is 0 Å². The van der Waals surface area contributed by atoms with E-state index in [9.17, 15) is 8.42 Å². The molecule has 0 aliphatic carbocycles. The molecule has 0 unspecified atom stereocenters. The van der Waals surface area contributed by atoms with E-state index in [-0.39, 0.29) is 4.90 Å². The van der Waals surface area contributed by atoms with Gasteiger partial charge in [-0.3, -0.25) is 9.71 Å². The van der Waals surface area contributed by atoms with Crippen LogP contribution in [0.3, 0.4) is 0 Å². The molecule has 0 aromatic heterocycles. The summed E-state index contributed by atoms with van der Waals surface area (Å²) in [5.41, 5.74) is 2.83. The molecular weight excluding hydrogens is 360 g/mol. The van der Waals surface area contributed by atoms with Crippen LogP contribution in [0, 0.1) is 6.92 Å². The van der Waals surface area contributed by atoms with E-state index < -0.39 is 10.0 Å². The van der Waals surface area contributed by atoms with Crippen LogP contribution >= 0.6 is 0 Å². The number of ether oxygens (including phenoxy) is 1. The molecule has 27 heavy (non-hydrogen) atoms. The number of anilines is 1. The van der Waals surface area contributed by atoms with E-state index in [0.717, 1.165) is 16.9 Å². The molecule has 0 amide bonds. The summed E-state index contributed by atoms with van der Waals surface area (Å²) in [6.07, 6.45) is 1.68. The van der Waals surface area contributed by atoms with Crippen LogP contribution in [0.1, 0.15) is 11.1 Å². The van der Waals surface area contributed by atoms with Gasteiger partial charge in [0.15, 0.2) is 0 Å². The van der Waals surface area contributed by atoms with Crippen molar-refractivity contribution in [3.8, 4) is 5.75 Å². The molecule has 3 rings (SSSR count). The molecule has 138 valence electrons. The van der Waals surface area contributed by atoms with Gasteiger partial charge in [-0.15, -0.1) is 0 Å². The average molecular weight is 380 g/mol. The van der Waals surface area contributed by atoms with E-state index in [2.05, 4.69) is 9.71 Å². The molecule has 0 aliphatic rings. The third-order valence-corrected chi connectivity index (χ3v) is 5.33. The summed E-state index contributed by atoms with van der Waals surface area (Å²) < 4.78 is 33.0. The number of methoxy groups -OCH3 is 1. The van der Waals surface area contributed by atoms with Crippen LogP contribution in [0.2, 0.25) is 0 Å². The molecule has 5 nitrogen and oxygen atoms in total. The Hall–Kier alpha value is -3.12. The summed E-state index contributed by atoms with van der Waals surface area (Å²) in [5.74, 6) is 0.762. The Morgan fingerprint density at radius 3 is 2.26 bits per heavy atom. The summed E-state index contributed by atoms with van der Waals surface area (Å²) >= 11 is 0. The molecule has 0 aliphatic heterocycles. The fourth-order valence-corrected chi connectivity index (χ4v) is 3.50. The zero-order chi connectivity index (χ0) is 19.3. The molecule has 0 atom stereocenters. The third kappa shape index (κ3) is 4.74. The largest absolute Gasteiger partial charge is 0.497 e. The van der Waals surface area contributed by atoms with Gasteiger partial charge in [0, 0.05) is 6.21 Å². The minimum atomic E-state index is -3.68. The molecule has 0 bridgehead atoms. The minimum Gasteiger partial charge on any atom is -0.497 e. The first-order valence-corrected chi connectivity index (χ1v) is 9.83. The first-order chi connectivity index (χ1) is 13.0. The summed E-state index contributed by atoms with van der Waals surface area (Å²) in [7, 11) is -2.07. The van der Waals surface area contributed by atoms with Crippen LogP contribution in [-0.2, 0) is 10.0 Å². The normalized spacial score (nSPS) is 11.5. The van der Waals surface area contributed by atoms with Gasteiger partial charge in [-0.1, -0.05) is 29.8 Å². The molecule has 0 heterocycles. The molecule has 6 heteroatoms. The Morgan fingerprint density at radius 1 is 0.926 bits per heavy atom. The summed E-state index contributed by atoms with van der Waals surface area (Å²) in [6.45, 7) is 1.91. The first-order valence-electron chi connectivity index (χ1n) is 8.34. The molecule has 0 spiro atoms. The molecule has 0 saturated heterocycles. The maximum Gasteiger partial charge on any atom is 0.261 e. The number of benzene rings is 3. The molecule has 0 fully saturated rings. The molecule has 0 radical (unpaired) electrons. The number of aryl methyl sites for hydroxylation is 1. The molecule has 3 aromatic carbocycles. The number of rotatable bonds is 6. The number of hydrogen-bond acceptors (Lipinski definition) is 4. The van der Waals surface area contributed by atoms with Crippen molar-refractivity contribution in [2.45, 2.75) is 11.8 Å². The fourth-order valence-electron chi connectivity index (χ4n) is 2.43. The number of nitrogens with zero attached hydrogens (tertiary/aromatic N) is 1. The molecule has 1 N–H and O–H groups in total. The zero-order valence-electron chi connectivity index (χ0n) is 15.1. The van der Waals surface area contributed by atoms with Crippen LogP contribution in [-0.4, -0.2) is 21.7 Å². The number of aliphatic imine (C=N–C) groups is 1. The van der Waals surface area contributed by atoms with Crippen molar-refractivity contribution < 1.29 is 13.2 Å². The van der Waals surface area contributed by atoms with Gasteiger partial charge in [-0.25, -0.2) is 8.42 Å². The van der Waals surface area contributed by atoms with Gasteiger partial charge in [0.2, 0.25) is 0 Å².